The standard InChI is InChI=1S/C14H16ClN3OS/c1-8(7-10-4-3-9(2)20-10)17-14(19)13-11(15)5-6-12(16)18-13/h3-6,8H,7H2,1-2H3,(H2,16,18)(H,17,19). The summed E-state index contributed by atoms with van der Waals surface area (Å²) < 4.78 is 0. The molecular formula is C14H16ClN3OS. The lowest BCUT2D eigenvalue weighted by atomic mass is 10.2. The Balaban J connectivity index is 2.02. The summed E-state index contributed by atoms with van der Waals surface area (Å²) in [6.07, 6.45) is 0.782. The average molecular weight is 310 g/mol. The van der Waals surface area contributed by atoms with Crippen LogP contribution in [0.2, 0.25) is 5.02 Å². The van der Waals surface area contributed by atoms with Gasteiger partial charge in [-0.05, 0) is 38.1 Å². The van der Waals surface area contributed by atoms with Gasteiger partial charge in [0.25, 0.3) is 5.91 Å². The number of nitrogens with two attached hydrogens (primary N) is 1. The van der Waals surface area contributed by atoms with Crippen molar-refractivity contribution in [3.63, 3.8) is 0 Å². The van der Waals surface area contributed by atoms with Crippen molar-refractivity contribution < 1.29 is 4.79 Å². The first-order valence-electron chi connectivity index (χ1n) is 6.24. The van der Waals surface area contributed by atoms with Gasteiger partial charge in [-0.1, -0.05) is 11.6 Å². The van der Waals surface area contributed by atoms with Crippen molar-refractivity contribution in [2.24, 2.45) is 0 Å². The van der Waals surface area contributed by atoms with Crippen molar-refractivity contribution in [1.82, 2.24) is 10.3 Å². The van der Waals surface area contributed by atoms with Crippen molar-refractivity contribution in [2.45, 2.75) is 26.3 Å². The lowest BCUT2D eigenvalue weighted by molar-refractivity contribution is 0.0935. The molecule has 0 aliphatic rings. The highest BCUT2D eigenvalue weighted by Crippen LogP contribution is 2.18. The van der Waals surface area contributed by atoms with Crippen molar-refractivity contribution in [3.05, 3.63) is 44.7 Å². The molecule has 106 valence electrons. The fourth-order valence-electron chi connectivity index (χ4n) is 1.86. The van der Waals surface area contributed by atoms with Gasteiger partial charge in [-0.2, -0.15) is 0 Å². The van der Waals surface area contributed by atoms with Gasteiger partial charge in [0.05, 0.1) is 5.02 Å². The number of carbonyl (C=O) groups excluding carboxylic acids is 1. The highest BCUT2D eigenvalue weighted by molar-refractivity contribution is 7.11. The van der Waals surface area contributed by atoms with E-state index in [4.69, 9.17) is 17.3 Å². The van der Waals surface area contributed by atoms with Gasteiger partial charge in [0.1, 0.15) is 11.5 Å². The van der Waals surface area contributed by atoms with Gasteiger partial charge < -0.3 is 11.1 Å². The van der Waals surface area contributed by atoms with Crippen LogP contribution < -0.4 is 11.1 Å². The smallest absolute Gasteiger partial charge is 0.271 e. The number of aryl methyl sites for hydroxylation is 1. The van der Waals surface area contributed by atoms with Gasteiger partial charge in [-0.15, -0.1) is 11.3 Å². The molecule has 1 unspecified atom stereocenters. The molecule has 2 rings (SSSR count). The highest BCUT2D eigenvalue weighted by Gasteiger charge is 2.15. The predicted molar refractivity (Wildman–Crippen MR) is 83.3 cm³/mol. The number of nitrogens with one attached hydrogen (secondary N) is 1. The lowest BCUT2D eigenvalue weighted by Crippen LogP contribution is -2.34. The van der Waals surface area contributed by atoms with E-state index in [2.05, 4.69) is 29.4 Å². The third kappa shape index (κ3) is 3.71. The number of anilines is 1. The second-order valence-corrected chi connectivity index (χ2v) is 6.44. The normalized spacial score (nSPS) is 12.2. The number of amides is 1. The Labute approximate surface area is 127 Å². The molecular weight excluding hydrogens is 294 g/mol. The number of nitrogens with zero attached hydrogens (tertiary/aromatic N) is 1. The van der Waals surface area contributed by atoms with Crippen LogP contribution in [-0.2, 0) is 6.42 Å². The zero-order valence-corrected chi connectivity index (χ0v) is 12.9. The number of hydrogen-bond acceptors (Lipinski definition) is 4. The van der Waals surface area contributed by atoms with Gasteiger partial charge in [0.15, 0.2) is 0 Å². The van der Waals surface area contributed by atoms with E-state index in [0.717, 1.165) is 6.42 Å². The molecule has 0 saturated heterocycles. The van der Waals surface area contributed by atoms with Gasteiger partial charge >= 0.3 is 0 Å². The van der Waals surface area contributed by atoms with Crippen LogP contribution in [0.15, 0.2) is 24.3 Å². The molecule has 6 heteroatoms. The Hall–Kier alpha value is -1.59. The van der Waals surface area contributed by atoms with Crippen LogP contribution in [0.4, 0.5) is 5.82 Å². The van der Waals surface area contributed by atoms with Crippen molar-refractivity contribution in [2.75, 3.05) is 5.73 Å². The fourth-order valence-corrected chi connectivity index (χ4v) is 3.07. The number of aromatic nitrogens is 1. The van der Waals surface area contributed by atoms with Gasteiger partial charge in [-0.25, -0.2) is 4.98 Å². The largest absolute Gasteiger partial charge is 0.384 e. The van der Waals surface area contributed by atoms with Crippen LogP contribution in [-0.4, -0.2) is 16.9 Å². The van der Waals surface area contributed by atoms with Gasteiger partial charge in [0.2, 0.25) is 0 Å². The number of thiophene rings is 1. The molecule has 1 atom stereocenters. The van der Waals surface area contributed by atoms with E-state index < -0.39 is 0 Å². The first-order valence-corrected chi connectivity index (χ1v) is 7.43. The molecule has 0 aliphatic carbocycles. The maximum absolute atomic E-state index is 12.1. The average Bonchev–Trinajstić information content (AvgIpc) is 2.77. The van der Waals surface area contributed by atoms with Crippen molar-refractivity contribution >= 4 is 34.7 Å². The Morgan fingerprint density at radius 3 is 2.85 bits per heavy atom. The summed E-state index contributed by atoms with van der Waals surface area (Å²) in [6, 6.07) is 7.29. The maximum Gasteiger partial charge on any atom is 0.271 e. The highest BCUT2D eigenvalue weighted by atomic mass is 35.5. The molecule has 0 saturated carbocycles. The summed E-state index contributed by atoms with van der Waals surface area (Å²) in [5.74, 6) is -0.0239. The van der Waals surface area contributed by atoms with Crippen molar-refractivity contribution in [3.8, 4) is 0 Å². The Morgan fingerprint density at radius 1 is 1.45 bits per heavy atom. The molecule has 20 heavy (non-hydrogen) atoms. The third-order valence-electron chi connectivity index (χ3n) is 2.76. The monoisotopic (exact) mass is 309 g/mol. The van der Waals surface area contributed by atoms with E-state index in [0.29, 0.717) is 5.02 Å². The minimum absolute atomic E-state index is 0.000141. The quantitative estimate of drug-likeness (QED) is 0.912. The minimum atomic E-state index is -0.303. The molecule has 0 radical (unpaired) electrons. The first kappa shape index (κ1) is 14.8. The summed E-state index contributed by atoms with van der Waals surface area (Å²) in [5.41, 5.74) is 5.74. The number of rotatable bonds is 4. The Morgan fingerprint density at radius 2 is 2.20 bits per heavy atom. The Bertz CT molecular complexity index is 627. The van der Waals surface area contributed by atoms with Gasteiger partial charge in [0, 0.05) is 22.2 Å². The zero-order chi connectivity index (χ0) is 14.7. The van der Waals surface area contributed by atoms with E-state index in [-0.39, 0.29) is 23.5 Å². The molecule has 0 aliphatic heterocycles. The van der Waals surface area contributed by atoms with Crippen LogP contribution in [0.1, 0.15) is 27.2 Å². The van der Waals surface area contributed by atoms with Crippen molar-refractivity contribution in [1.29, 1.82) is 0 Å². The molecule has 1 amide bonds. The van der Waals surface area contributed by atoms with E-state index >= 15 is 0 Å². The fraction of sp³-hybridized carbons (Fsp3) is 0.286. The third-order valence-corrected chi connectivity index (χ3v) is 4.09. The zero-order valence-electron chi connectivity index (χ0n) is 11.3. The molecule has 2 aromatic heterocycles. The Kier molecular flexibility index (Phi) is 4.62. The maximum atomic E-state index is 12.1. The summed E-state index contributed by atoms with van der Waals surface area (Å²) in [4.78, 5) is 18.6. The number of hydrogen-bond donors (Lipinski definition) is 2. The summed E-state index contributed by atoms with van der Waals surface area (Å²) >= 11 is 7.69. The minimum Gasteiger partial charge on any atom is -0.384 e. The van der Waals surface area contributed by atoms with E-state index in [1.54, 1.807) is 23.5 Å². The van der Waals surface area contributed by atoms with Crippen LogP contribution in [0.25, 0.3) is 0 Å². The lowest BCUT2D eigenvalue weighted by Gasteiger charge is -2.13. The second kappa shape index (κ2) is 6.24. The summed E-state index contributed by atoms with van der Waals surface area (Å²) in [5, 5.41) is 3.19. The number of carbonyl (C=O) groups is 1. The van der Waals surface area contributed by atoms with Gasteiger partial charge in [-0.3, -0.25) is 4.79 Å². The first-order chi connectivity index (χ1) is 9.45. The van der Waals surface area contributed by atoms with Crippen LogP contribution in [0.5, 0.6) is 0 Å². The molecule has 2 aromatic rings. The van der Waals surface area contributed by atoms with E-state index in [1.807, 2.05) is 6.92 Å². The number of halogens is 1. The molecule has 3 N–H and O–H groups in total. The van der Waals surface area contributed by atoms with E-state index in [9.17, 15) is 4.79 Å². The van der Waals surface area contributed by atoms with Crippen LogP contribution >= 0.6 is 22.9 Å². The van der Waals surface area contributed by atoms with Crippen LogP contribution in [0, 0.1) is 6.92 Å². The topological polar surface area (TPSA) is 68.0 Å². The molecule has 0 fully saturated rings. The second-order valence-electron chi connectivity index (χ2n) is 4.66. The summed E-state index contributed by atoms with van der Waals surface area (Å²) in [7, 11) is 0. The number of nitrogen functional groups attached to an aromatic ring is 1. The van der Waals surface area contributed by atoms with E-state index in [1.165, 1.54) is 9.75 Å². The molecule has 4 nitrogen and oxygen atoms in total. The number of pyridine rings is 1. The SMILES string of the molecule is Cc1ccc(CC(C)NC(=O)c2nc(N)ccc2Cl)s1. The molecule has 0 spiro atoms. The summed E-state index contributed by atoms with van der Waals surface area (Å²) in [6.45, 7) is 4.01. The predicted octanol–water partition coefficient (Wildman–Crippen LogP) is 3.05. The molecule has 0 bridgehead atoms. The molecule has 2 heterocycles. The van der Waals surface area contributed by atoms with Crippen LogP contribution in [0.3, 0.4) is 0 Å². The molecule has 0 aromatic carbocycles.